The van der Waals surface area contributed by atoms with E-state index in [1.807, 2.05) is 12.1 Å². The predicted molar refractivity (Wildman–Crippen MR) is 96.8 cm³/mol. The van der Waals surface area contributed by atoms with Crippen LogP contribution in [-0.2, 0) is 4.79 Å². The van der Waals surface area contributed by atoms with Crippen LogP contribution in [0.5, 0.6) is 0 Å². The fourth-order valence-electron chi connectivity index (χ4n) is 2.33. The van der Waals surface area contributed by atoms with Crippen LogP contribution in [-0.4, -0.2) is 25.7 Å². The molecule has 0 unspecified atom stereocenters. The minimum atomic E-state index is -0.414. The lowest BCUT2D eigenvalue weighted by Crippen LogP contribution is -2.17. The Morgan fingerprint density at radius 3 is 2.92 bits per heavy atom. The molecular weight excluding hydrogens is 362 g/mol. The van der Waals surface area contributed by atoms with Crippen LogP contribution in [0.25, 0.3) is 11.7 Å². The van der Waals surface area contributed by atoms with Gasteiger partial charge in [0.1, 0.15) is 5.82 Å². The zero-order valence-electron chi connectivity index (χ0n) is 12.6. The van der Waals surface area contributed by atoms with Crippen molar-refractivity contribution >= 4 is 57.7 Å². The van der Waals surface area contributed by atoms with Crippen molar-refractivity contribution in [1.29, 1.82) is 0 Å². The topological polar surface area (TPSA) is 88.4 Å². The number of hydrogen-bond donors (Lipinski definition) is 2. The van der Waals surface area contributed by atoms with Gasteiger partial charge in [-0.25, -0.2) is 9.50 Å². The molecule has 3 aromatic rings. The minimum absolute atomic E-state index is 0.315. The fraction of sp³-hybridized carbons (Fsp3) is 0. The van der Waals surface area contributed by atoms with Crippen molar-refractivity contribution in [3.8, 4) is 0 Å². The molecule has 3 heterocycles. The number of amides is 2. The third-order valence-electron chi connectivity index (χ3n) is 3.42. The van der Waals surface area contributed by atoms with E-state index >= 15 is 0 Å². The second-order valence-electron chi connectivity index (χ2n) is 5.17. The first kappa shape index (κ1) is 15.7. The first-order chi connectivity index (χ1) is 12.1. The molecule has 9 heteroatoms. The lowest BCUT2D eigenvalue weighted by atomic mass is 10.3. The number of nitrogens with one attached hydrogen (secondary N) is 2. The van der Waals surface area contributed by atoms with Gasteiger partial charge in [-0.2, -0.15) is 5.10 Å². The van der Waals surface area contributed by atoms with E-state index in [-0.39, 0.29) is 5.24 Å². The molecule has 0 saturated carbocycles. The van der Waals surface area contributed by atoms with Gasteiger partial charge in [0.2, 0.25) is 0 Å². The molecule has 1 aromatic carbocycles. The van der Waals surface area contributed by atoms with Crippen molar-refractivity contribution in [3.05, 3.63) is 58.2 Å². The lowest BCUT2D eigenvalue weighted by Gasteiger charge is -2.06. The van der Waals surface area contributed by atoms with E-state index in [1.165, 1.54) is 0 Å². The third-order valence-corrected chi connectivity index (χ3v) is 4.47. The summed E-state index contributed by atoms with van der Waals surface area (Å²) in [5, 5.41) is 9.83. The van der Waals surface area contributed by atoms with Gasteiger partial charge in [0.05, 0.1) is 11.1 Å². The maximum atomic E-state index is 11.7. The summed E-state index contributed by atoms with van der Waals surface area (Å²) in [6, 6.07) is 9.07. The molecule has 0 spiro atoms. The van der Waals surface area contributed by atoms with Crippen LogP contribution < -0.4 is 10.6 Å². The van der Waals surface area contributed by atoms with E-state index in [9.17, 15) is 9.59 Å². The Bertz CT molecular complexity index is 1050. The van der Waals surface area contributed by atoms with Gasteiger partial charge in [-0.15, -0.1) is 0 Å². The molecule has 0 atom stereocenters. The second kappa shape index (κ2) is 6.23. The zero-order valence-corrected chi connectivity index (χ0v) is 14.1. The van der Waals surface area contributed by atoms with Crippen LogP contribution >= 0.6 is 23.4 Å². The maximum absolute atomic E-state index is 11.7. The number of carbonyl (C=O) groups is 2. The Morgan fingerprint density at radius 2 is 2.16 bits per heavy atom. The number of carbonyl (C=O) groups excluding carboxylic acids is 2. The van der Waals surface area contributed by atoms with Crippen LogP contribution in [0.4, 0.5) is 16.3 Å². The van der Waals surface area contributed by atoms with Gasteiger partial charge >= 0.3 is 0 Å². The molecule has 7 nitrogen and oxygen atoms in total. The molecule has 0 radical (unpaired) electrons. The first-order valence-corrected chi connectivity index (χ1v) is 8.40. The van der Waals surface area contributed by atoms with E-state index in [2.05, 4.69) is 20.7 Å². The number of halogens is 1. The summed E-state index contributed by atoms with van der Waals surface area (Å²) >= 11 is 6.84. The third kappa shape index (κ3) is 3.21. The number of fused-ring (bicyclic) bond motifs is 1. The molecule has 124 valence electrons. The van der Waals surface area contributed by atoms with Gasteiger partial charge in [0.15, 0.2) is 5.65 Å². The van der Waals surface area contributed by atoms with Gasteiger partial charge in [0.25, 0.3) is 11.1 Å². The SMILES string of the molecule is O=C1NC(=O)/C(=C/c2cnn3ccc(Nc4cccc(Cl)c4)nc23)S1. The summed E-state index contributed by atoms with van der Waals surface area (Å²) in [5.74, 6) is 0.192. The number of rotatable bonds is 3. The van der Waals surface area contributed by atoms with E-state index in [4.69, 9.17) is 11.6 Å². The number of nitrogens with zero attached hydrogens (tertiary/aromatic N) is 3. The molecule has 1 saturated heterocycles. The molecule has 25 heavy (non-hydrogen) atoms. The Morgan fingerprint density at radius 1 is 1.28 bits per heavy atom. The maximum Gasteiger partial charge on any atom is 0.290 e. The minimum Gasteiger partial charge on any atom is -0.340 e. The number of hydrogen-bond acceptors (Lipinski definition) is 6. The summed E-state index contributed by atoms with van der Waals surface area (Å²) in [4.78, 5) is 27.8. The van der Waals surface area contributed by atoms with Crippen molar-refractivity contribution < 1.29 is 9.59 Å². The van der Waals surface area contributed by atoms with Gasteiger partial charge in [-0.05, 0) is 42.1 Å². The number of benzene rings is 1. The smallest absolute Gasteiger partial charge is 0.290 e. The highest BCUT2D eigenvalue weighted by molar-refractivity contribution is 8.18. The Kier molecular flexibility index (Phi) is 3.90. The summed E-state index contributed by atoms with van der Waals surface area (Å²) in [6.45, 7) is 0. The van der Waals surface area contributed by atoms with E-state index in [0.29, 0.717) is 27.0 Å². The van der Waals surface area contributed by atoms with Crippen LogP contribution in [0, 0.1) is 0 Å². The molecule has 0 bridgehead atoms. The molecule has 2 amide bonds. The van der Waals surface area contributed by atoms with Gasteiger partial charge in [0, 0.05) is 22.5 Å². The molecule has 1 aliphatic heterocycles. The van der Waals surface area contributed by atoms with E-state index < -0.39 is 5.91 Å². The van der Waals surface area contributed by atoms with Gasteiger partial charge < -0.3 is 5.32 Å². The highest BCUT2D eigenvalue weighted by atomic mass is 35.5. The molecule has 1 aliphatic rings. The fourth-order valence-corrected chi connectivity index (χ4v) is 3.20. The summed E-state index contributed by atoms with van der Waals surface area (Å²) in [7, 11) is 0. The normalized spacial score (nSPS) is 15.8. The van der Waals surface area contributed by atoms with Crippen molar-refractivity contribution in [2.24, 2.45) is 0 Å². The van der Waals surface area contributed by atoms with Crippen molar-refractivity contribution in [2.45, 2.75) is 0 Å². The molecule has 2 N–H and O–H groups in total. The van der Waals surface area contributed by atoms with Crippen LogP contribution in [0.1, 0.15) is 5.56 Å². The number of thioether (sulfide) groups is 1. The quantitative estimate of drug-likeness (QED) is 0.685. The largest absolute Gasteiger partial charge is 0.340 e. The zero-order chi connectivity index (χ0) is 17.4. The second-order valence-corrected chi connectivity index (χ2v) is 6.62. The van der Waals surface area contributed by atoms with Gasteiger partial charge in [-0.3, -0.25) is 14.9 Å². The van der Waals surface area contributed by atoms with Crippen molar-refractivity contribution in [3.63, 3.8) is 0 Å². The van der Waals surface area contributed by atoms with Crippen molar-refractivity contribution in [2.75, 3.05) is 5.32 Å². The monoisotopic (exact) mass is 371 g/mol. The first-order valence-electron chi connectivity index (χ1n) is 7.20. The lowest BCUT2D eigenvalue weighted by molar-refractivity contribution is -0.115. The standard InChI is InChI=1S/C16H10ClN5O2S/c17-10-2-1-3-11(7-10)19-13-4-5-22-14(20-13)9(8-18-22)6-12-15(23)21-16(24)25-12/h1-8H,(H,19,20)(H,21,23,24)/b12-6-. The highest BCUT2D eigenvalue weighted by Crippen LogP contribution is 2.27. The summed E-state index contributed by atoms with van der Waals surface area (Å²) in [6.07, 6.45) is 4.95. The summed E-state index contributed by atoms with van der Waals surface area (Å²) < 4.78 is 1.59. The Balaban J connectivity index is 1.69. The summed E-state index contributed by atoms with van der Waals surface area (Å²) in [5.41, 5.74) is 2.01. The van der Waals surface area contributed by atoms with E-state index in [1.54, 1.807) is 41.2 Å². The van der Waals surface area contributed by atoms with Gasteiger partial charge in [-0.1, -0.05) is 17.7 Å². The molecule has 2 aromatic heterocycles. The Hall–Kier alpha value is -2.84. The number of anilines is 2. The molecule has 4 rings (SSSR count). The number of aromatic nitrogens is 3. The van der Waals surface area contributed by atoms with E-state index in [0.717, 1.165) is 17.4 Å². The average Bonchev–Trinajstić information content (AvgIpc) is 3.11. The average molecular weight is 372 g/mol. The highest BCUT2D eigenvalue weighted by Gasteiger charge is 2.25. The Labute approximate surface area is 151 Å². The van der Waals surface area contributed by atoms with Crippen molar-refractivity contribution in [1.82, 2.24) is 19.9 Å². The molecule has 0 aliphatic carbocycles. The van der Waals surface area contributed by atoms with Crippen LogP contribution in [0.15, 0.2) is 47.6 Å². The number of imide groups is 1. The van der Waals surface area contributed by atoms with Crippen LogP contribution in [0.2, 0.25) is 5.02 Å². The van der Waals surface area contributed by atoms with Crippen LogP contribution in [0.3, 0.4) is 0 Å². The predicted octanol–water partition coefficient (Wildman–Crippen LogP) is 3.45. The molecule has 1 fully saturated rings. The molecular formula is C16H10ClN5O2S.